The zero-order chi connectivity index (χ0) is 26.0. The number of carbonyl (C=O) groups is 2. The van der Waals surface area contributed by atoms with E-state index in [9.17, 15) is 22.8 Å². The summed E-state index contributed by atoms with van der Waals surface area (Å²) in [5, 5.41) is 11.0. The Balaban J connectivity index is 0.000000384. The van der Waals surface area contributed by atoms with Gasteiger partial charge in [-0.1, -0.05) is 41.9 Å². The lowest BCUT2D eigenvalue weighted by molar-refractivity contribution is -0.192. The van der Waals surface area contributed by atoms with E-state index >= 15 is 0 Å². The van der Waals surface area contributed by atoms with Gasteiger partial charge in [-0.15, -0.1) is 0 Å². The molecule has 184 valence electrons. The Morgan fingerprint density at radius 3 is 2.44 bits per heavy atom. The molecule has 0 saturated heterocycles. The largest absolute Gasteiger partial charge is 0.490 e. The molecule has 0 spiro atoms. The first-order chi connectivity index (χ1) is 17.1. The van der Waals surface area contributed by atoms with Gasteiger partial charge in [0, 0.05) is 11.2 Å². The Morgan fingerprint density at radius 1 is 1.08 bits per heavy atom. The predicted molar refractivity (Wildman–Crippen MR) is 124 cm³/mol. The van der Waals surface area contributed by atoms with Crippen LogP contribution in [0.4, 0.5) is 13.2 Å². The van der Waals surface area contributed by atoms with Gasteiger partial charge in [0.2, 0.25) is 0 Å². The van der Waals surface area contributed by atoms with Crippen LogP contribution in [0, 0.1) is 0 Å². The molecule has 5 rings (SSSR count). The van der Waals surface area contributed by atoms with Crippen LogP contribution in [-0.2, 0) is 11.2 Å². The number of pyridine rings is 1. The highest BCUT2D eigenvalue weighted by atomic mass is 35.5. The smallest absolute Gasteiger partial charge is 0.475 e. The van der Waals surface area contributed by atoms with Crippen LogP contribution >= 0.6 is 11.6 Å². The number of carboxylic acid groups (broad SMARTS) is 1. The second kappa shape index (κ2) is 9.78. The van der Waals surface area contributed by atoms with Crippen LogP contribution in [0.1, 0.15) is 27.8 Å². The van der Waals surface area contributed by atoms with Crippen molar-refractivity contribution in [3.8, 4) is 5.82 Å². The van der Waals surface area contributed by atoms with Gasteiger partial charge in [0.25, 0.3) is 11.5 Å². The molecule has 0 bridgehead atoms. The Hall–Kier alpha value is -4.25. The molecule has 3 heterocycles. The molecule has 8 nitrogen and oxygen atoms in total. The molecule has 2 aromatic carbocycles. The fourth-order valence-corrected chi connectivity index (χ4v) is 3.83. The van der Waals surface area contributed by atoms with Crippen molar-refractivity contribution in [2.75, 3.05) is 0 Å². The standard InChI is InChI=1S/C22H15ClN4O2.C2HF3O2/c23-14-8-9-17-16(12-14)22(29)27-19-15(7-4-10-24-19)21(28)26-18(20(27)25-17)11-13-5-2-1-3-6-13;3-2(4,5)1(6)7/h1-10,12,18H,11H2,(H,26,28);(H,6,7). The summed E-state index contributed by atoms with van der Waals surface area (Å²) >= 11 is 6.11. The van der Waals surface area contributed by atoms with Crippen LogP contribution in [0.15, 0.2) is 71.7 Å². The Bertz CT molecular complexity index is 1520. The Kier molecular flexibility index (Phi) is 6.75. The molecule has 36 heavy (non-hydrogen) atoms. The third kappa shape index (κ3) is 5.05. The Morgan fingerprint density at radius 2 is 1.78 bits per heavy atom. The summed E-state index contributed by atoms with van der Waals surface area (Å²) < 4.78 is 33.2. The number of fused-ring (bicyclic) bond motifs is 4. The maximum atomic E-state index is 13.4. The van der Waals surface area contributed by atoms with Gasteiger partial charge in [0.15, 0.2) is 5.82 Å². The van der Waals surface area contributed by atoms with E-state index in [4.69, 9.17) is 26.5 Å². The van der Waals surface area contributed by atoms with Crippen molar-refractivity contribution in [3.05, 3.63) is 99.2 Å². The maximum absolute atomic E-state index is 13.4. The van der Waals surface area contributed by atoms with E-state index in [1.54, 1.807) is 36.5 Å². The summed E-state index contributed by atoms with van der Waals surface area (Å²) in [5.74, 6) is -2.33. The monoisotopic (exact) mass is 516 g/mol. The minimum absolute atomic E-state index is 0.273. The van der Waals surface area contributed by atoms with Crippen molar-refractivity contribution >= 4 is 34.4 Å². The van der Waals surface area contributed by atoms with Crippen molar-refractivity contribution in [3.63, 3.8) is 0 Å². The molecule has 0 fully saturated rings. The summed E-state index contributed by atoms with van der Waals surface area (Å²) in [6, 6.07) is 17.6. The van der Waals surface area contributed by atoms with Gasteiger partial charge in [-0.05, 0) is 42.3 Å². The van der Waals surface area contributed by atoms with Gasteiger partial charge in [-0.2, -0.15) is 13.2 Å². The number of halogens is 4. The number of alkyl halides is 3. The zero-order valence-corrected chi connectivity index (χ0v) is 18.9. The summed E-state index contributed by atoms with van der Waals surface area (Å²) in [7, 11) is 0. The molecule has 12 heteroatoms. The lowest BCUT2D eigenvalue weighted by Gasteiger charge is -2.19. The third-order valence-corrected chi connectivity index (χ3v) is 5.48. The van der Waals surface area contributed by atoms with Gasteiger partial charge in [-0.25, -0.2) is 19.3 Å². The van der Waals surface area contributed by atoms with E-state index in [1.807, 2.05) is 30.3 Å². The molecule has 1 aliphatic heterocycles. The van der Waals surface area contributed by atoms with Gasteiger partial charge >= 0.3 is 12.1 Å². The molecule has 1 atom stereocenters. The Labute approximate surface area is 206 Å². The van der Waals surface area contributed by atoms with Crippen LogP contribution < -0.4 is 10.9 Å². The molecule has 1 unspecified atom stereocenters. The van der Waals surface area contributed by atoms with Crippen LogP contribution in [0.25, 0.3) is 16.7 Å². The number of carbonyl (C=O) groups excluding carboxylic acids is 1. The van der Waals surface area contributed by atoms with E-state index < -0.39 is 18.2 Å². The maximum Gasteiger partial charge on any atom is 0.490 e. The number of aliphatic carboxylic acids is 1. The number of hydrogen-bond acceptors (Lipinski definition) is 5. The lowest BCUT2D eigenvalue weighted by Crippen LogP contribution is -2.32. The van der Waals surface area contributed by atoms with Crippen molar-refractivity contribution < 1.29 is 27.9 Å². The number of rotatable bonds is 2. The van der Waals surface area contributed by atoms with Gasteiger partial charge < -0.3 is 10.4 Å². The van der Waals surface area contributed by atoms with Gasteiger partial charge in [0.1, 0.15) is 5.82 Å². The highest BCUT2D eigenvalue weighted by molar-refractivity contribution is 6.31. The number of aromatic nitrogens is 3. The van der Waals surface area contributed by atoms with Crippen LogP contribution in [0.3, 0.4) is 0 Å². The minimum atomic E-state index is -5.08. The highest BCUT2D eigenvalue weighted by Crippen LogP contribution is 2.26. The molecule has 1 aliphatic rings. The summed E-state index contributed by atoms with van der Waals surface area (Å²) in [6.07, 6.45) is -3.03. The zero-order valence-electron chi connectivity index (χ0n) is 18.2. The highest BCUT2D eigenvalue weighted by Gasteiger charge is 2.38. The second-order valence-electron chi connectivity index (χ2n) is 7.67. The molecule has 4 aromatic rings. The molecule has 1 amide bonds. The van der Waals surface area contributed by atoms with Gasteiger partial charge in [-0.3, -0.25) is 9.59 Å². The normalized spacial score (nSPS) is 14.6. The molecule has 0 radical (unpaired) electrons. The minimum Gasteiger partial charge on any atom is -0.475 e. The average Bonchev–Trinajstić information content (AvgIpc) is 2.95. The predicted octanol–water partition coefficient (Wildman–Crippen LogP) is 4.09. The lowest BCUT2D eigenvalue weighted by atomic mass is 10.0. The first-order valence-electron chi connectivity index (χ1n) is 10.4. The summed E-state index contributed by atoms with van der Waals surface area (Å²) in [6.45, 7) is 0. The number of benzene rings is 2. The van der Waals surface area contributed by atoms with Crippen molar-refractivity contribution in [2.24, 2.45) is 0 Å². The average molecular weight is 517 g/mol. The fourth-order valence-electron chi connectivity index (χ4n) is 3.66. The van der Waals surface area contributed by atoms with Crippen molar-refractivity contribution in [1.82, 2.24) is 19.9 Å². The SMILES string of the molecule is O=C(O)C(F)(F)F.O=C1NC(Cc2ccccc2)c2nc3ccc(Cl)cc3c(=O)n2-c2ncccc21. The van der Waals surface area contributed by atoms with E-state index in [0.717, 1.165) is 5.56 Å². The number of hydrogen-bond donors (Lipinski definition) is 2. The van der Waals surface area contributed by atoms with Crippen LogP contribution in [-0.4, -0.2) is 37.7 Å². The molecule has 2 aromatic heterocycles. The number of carboxylic acids is 1. The van der Waals surface area contributed by atoms with Crippen LogP contribution in [0.2, 0.25) is 5.02 Å². The number of amides is 1. The van der Waals surface area contributed by atoms with E-state index in [0.29, 0.717) is 33.7 Å². The molecule has 0 aliphatic carbocycles. The van der Waals surface area contributed by atoms with Crippen molar-refractivity contribution in [2.45, 2.75) is 18.6 Å². The van der Waals surface area contributed by atoms with E-state index in [1.165, 1.54) is 4.57 Å². The first kappa shape index (κ1) is 24.9. The van der Waals surface area contributed by atoms with E-state index in [-0.39, 0.29) is 17.3 Å². The number of nitrogens with zero attached hydrogens (tertiary/aromatic N) is 3. The van der Waals surface area contributed by atoms with Gasteiger partial charge in [0.05, 0.1) is 22.5 Å². The first-order valence-corrected chi connectivity index (χ1v) is 10.8. The topological polar surface area (TPSA) is 114 Å². The second-order valence-corrected chi connectivity index (χ2v) is 8.10. The number of nitrogens with one attached hydrogen (secondary N) is 1. The quantitative estimate of drug-likeness (QED) is 0.415. The van der Waals surface area contributed by atoms with E-state index in [2.05, 4.69) is 10.3 Å². The molecule has 0 saturated carbocycles. The van der Waals surface area contributed by atoms with Crippen LogP contribution in [0.5, 0.6) is 0 Å². The van der Waals surface area contributed by atoms with Crippen molar-refractivity contribution in [1.29, 1.82) is 0 Å². The fraction of sp³-hybridized carbons (Fsp3) is 0.125. The molecular weight excluding hydrogens is 501 g/mol. The third-order valence-electron chi connectivity index (χ3n) is 5.24. The molecular formula is C24H16ClF3N4O4. The summed E-state index contributed by atoms with van der Waals surface area (Å²) in [5.41, 5.74) is 1.57. The molecule has 2 N–H and O–H groups in total. The summed E-state index contributed by atoms with van der Waals surface area (Å²) in [4.78, 5) is 44.3.